The van der Waals surface area contributed by atoms with Crippen molar-refractivity contribution in [3.8, 4) is 0 Å². The van der Waals surface area contributed by atoms with Crippen molar-refractivity contribution in [3.05, 3.63) is 121 Å². The van der Waals surface area contributed by atoms with E-state index in [4.69, 9.17) is 4.74 Å². The second-order valence-electron chi connectivity index (χ2n) is 8.53. The van der Waals surface area contributed by atoms with Gasteiger partial charge >= 0.3 is 221 Å². The Hall–Kier alpha value is -3.27. The Kier molecular flexibility index (Phi) is 8.03. The van der Waals surface area contributed by atoms with Gasteiger partial charge in [-0.15, -0.1) is 0 Å². The molecule has 0 aliphatic heterocycles. The van der Waals surface area contributed by atoms with Crippen LogP contribution in [0.3, 0.4) is 0 Å². The summed E-state index contributed by atoms with van der Waals surface area (Å²) >= 11 is 4.46. The van der Waals surface area contributed by atoms with Gasteiger partial charge in [-0.3, -0.25) is 0 Å². The molecule has 4 rings (SSSR count). The molecule has 0 aliphatic carbocycles. The van der Waals surface area contributed by atoms with Crippen LogP contribution in [0, 0.1) is 0 Å². The molecule has 1 N–H and O–H groups in total. The number of esters is 1. The van der Waals surface area contributed by atoms with E-state index in [1.54, 1.807) is 6.92 Å². The van der Waals surface area contributed by atoms with Gasteiger partial charge in [-0.1, -0.05) is 0 Å². The number of amides is 1. The second-order valence-corrected chi connectivity index (χ2v) is 17.5. The van der Waals surface area contributed by atoms with Gasteiger partial charge in [0, 0.05) is 0 Å². The second kappa shape index (κ2) is 11.2. The fraction of sp³-hybridized carbons (Fsp3) is 0.133. The third-order valence-corrected chi connectivity index (χ3v) is 15.7. The summed E-state index contributed by atoms with van der Waals surface area (Å²) in [5, 5.41) is 3.28. The minimum atomic E-state index is -3.24. The number of carbonyl (C=O) groups excluding carboxylic acids is 2. The molecule has 4 nitrogen and oxygen atoms in total. The predicted octanol–water partition coefficient (Wildman–Crippen LogP) is 5.92. The molecule has 184 valence electrons. The van der Waals surface area contributed by atoms with E-state index in [9.17, 15) is 9.59 Å². The zero-order valence-electron chi connectivity index (χ0n) is 20.1. The van der Waals surface area contributed by atoms with Crippen LogP contribution < -0.4 is 21.2 Å². The van der Waals surface area contributed by atoms with E-state index in [1.807, 2.05) is 42.5 Å². The van der Waals surface area contributed by atoms with Gasteiger partial charge < -0.3 is 0 Å². The number of nitrogens with one attached hydrogen (secondary N) is 1. The van der Waals surface area contributed by atoms with E-state index in [2.05, 4.69) is 93.6 Å². The molecule has 0 fully saturated rings. The first kappa shape index (κ1) is 25.8. The molecule has 4 aromatic carbocycles. The Morgan fingerprint density at radius 1 is 0.722 bits per heavy atom. The fourth-order valence-electron chi connectivity index (χ4n) is 4.58. The third-order valence-electron chi connectivity index (χ3n) is 6.25. The van der Waals surface area contributed by atoms with Gasteiger partial charge in [0.15, 0.2) is 0 Å². The maximum atomic E-state index is 12.7. The summed E-state index contributed by atoms with van der Waals surface area (Å²) in [4.78, 5) is 24.6. The van der Waals surface area contributed by atoms with Crippen LogP contribution in [-0.4, -0.2) is 18.5 Å². The van der Waals surface area contributed by atoms with E-state index in [-0.39, 0.29) is 13.0 Å². The van der Waals surface area contributed by atoms with Gasteiger partial charge in [0.25, 0.3) is 0 Å². The zero-order chi connectivity index (χ0) is 25.5. The molecule has 0 saturated carbocycles. The van der Waals surface area contributed by atoms with E-state index in [0.717, 1.165) is 5.56 Å². The van der Waals surface area contributed by atoms with E-state index < -0.39 is 17.2 Å². The Balaban J connectivity index is 1.88. The number of halogens is 1. The molecule has 36 heavy (non-hydrogen) atoms. The molecule has 0 heterocycles. The number of anilines is 1. The summed E-state index contributed by atoms with van der Waals surface area (Å²) in [5.74, 6) is -0.930. The van der Waals surface area contributed by atoms with Gasteiger partial charge in [-0.25, -0.2) is 0 Å². The maximum absolute atomic E-state index is 12.7. The Morgan fingerprint density at radius 3 is 1.64 bits per heavy atom. The molecule has 1 amide bonds. The number of rotatable bonds is 9. The van der Waals surface area contributed by atoms with Gasteiger partial charge in [0.2, 0.25) is 0 Å². The van der Waals surface area contributed by atoms with Crippen molar-refractivity contribution >= 4 is 54.3 Å². The zero-order valence-corrected chi connectivity index (χ0v) is 22.6. The van der Waals surface area contributed by atoms with E-state index in [1.165, 1.54) is 15.9 Å². The quantitative estimate of drug-likeness (QED) is 0.157. The summed E-state index contributed by atoms with van der Waals surface area (Å²) in [6.07, 6.45) is 0.301. The van der Waals surface area contributed by atoms with Gasteiger partial charge in [0.05, 0.1) is 0 Å². The van der Waals surface area contributed by atoms with Crippen LogP contribution in [0.4, 0.5) is 5.69 Å². The summed E-state index contributed by atoms with van der Waals surface area (Å²) in [5.41, 5.74) is 1.66. The molecular weight excluding hydrogens is 533 g/mol. The van der Waals surface area contributed by atoms with Crippen molar-refractivity contribution in [1.82, 2.24) is 0 Å². The SMILES string of the molecule is CCOC(=O)CC(=O)Nc1ccccc1CP(Br)(c1ccccc1)(c1ccccc1)c1ccccc1. The average Bonchev–Trinajstić information content (AvgIpc) is 2.91. The van der Waals surface area contributed by atoms with E-state index >= 15 is 0 Å². The minimum absolute atomic E-state index is 0.242. The van der Waals surface area contributed by atoms with Crippen molar-refractivity contribution in [2.45, 2.75) is 19.5 Å². The Labute approximate surface area is 220 Å². The monoisotopic (exact) mass is 561 g/mol. The molecule has 0 aliphatic rings. The first-order chi connectivity index (χ1) is 17.4. The van der Waals surface area contributed by atoms with Crippen LogP contribution >= 0.6 is 20.8 Å². The predicted molar refractivity (Wildman–Crippen MR) is 154 cm³/mol. The number of para-hydroxylation sites is 1. The van der Waals surface area contributed by atoms with Gasteiger partial charge in [-0.2, -0.15) is 0 Å². The standard InChI is InChI=1S/C30H29BrNO3P/c1-2-35-30(34)22-29(33)32-28-21-13-12-14-24(28)23-36(31,25-15-6-3-7-16-25,26-17-8-4-9-18-26)27-19-10-5-11-20-27/h3-21H,2,22-23H2,1H3,(H,32,33). The van der Waals surface area contributed by atoms with Gasteiger partial charge in [-0.05, 0) is 0 Å². The van der Waals surface area contributed by atoms with Crippen LogP contribution in [0.25, 0.3) is 0 Å². The fourth-order valence-corrected chi connectivity index (χ4v) is 12.3. The van der Waals surface area contributed by atoms with Crippen molar-refractivity contribution in [2.24, 2.45) is 0 Å². The molecular formula is C30H29BrNO3P. The molecule has 0 radical (unpaired) electrons. The number of ether oxygens (including phenoxy) is 1. The van der Waals surface area contributed by atoms with Crippen molar-refractivity contribution in [1.29, 1.82) is 0 Å². The number of hydrogen-bond acceptors (Lipinski definition) is 3. The molecule has 0 aromatic heterocycles. The normalized spacial score (nSPS) is 12.2. The molecule has 0 bridgehead atoms. The van der Waals surface area contributed by atoms with Crippen molar-refractivity contribution in [3.63, 3.8) is 0 Å². The van der Waals surface area contributed by atoms with Crippen LogP contribution in [0.2, 0.25) is 0 Å². The molecule has 4 aromatic rings. The first-order valence-corrected chi connectivity index (χ1v) is 16.3. The molecule has 0 unspecified atom stereocenters. The Morgan fingerprint density at radius 2 is 1.17 bits per heavy atom. The number of benzene rings is 4. The first-order valence-electron chi connectivity index (χ1n) is 11.9. The molecule has 0 atom stereocenters. The summed E-state index contributed by atoms with van der Waals surface area (Å²) in [7, 11) is 0. The summed E-state index contributed by atoms with van der Waals surface area (Å²) in [6, 6.07) is 39.3. The molecule has 0 saturated heterocycles. The van der Waals surface area contributed by atoms with Gasteiger partial charge in [0.1, 0.15) is 0 Å². The third kappa shape index (κ3) is 5.13. The summed E-state index contributed by atoms with van der Waals surface area (Å²) < 4.78 is 4.95. The van der Waals surface area contributed by atoms with Crippen LogP contribution in [0.1, 0.15) is 18.9 Å². The Bertz CT molecular complexity index is 1230. The number of carbonyl (C=O) groups is 2. The van der Waals surface area contributed by atoms with Crippen LogP contribution in [-0.2, 0) is 20.5 Å². The summed E-state index contributed by atoms with van der Waals surface area (Å²) in [6.45, 7) is 1.97. The average molecular weight is 562 g/mol. The topological polar surface area (TPSA) is 55.4 Å². The number of hydrogen-bond donors (Lipinski definition) is 1. The van der Waals surface area contributed by atoms with Crippen LogP contribution in [0.15, 0.2) is 115 Å². The molecule has 6 heteroatoms. The van der Waals surface area contributed by atoms with Crippen molar-refractivity contribution in [2.75, 3.05) is 11.9 Å². The van der Waals surface area contributed by atoms with E-state index in [0.29, 0.717) is 11.8 Å². The van der Waals surface area contributed by atoms with Crippen molar-refractivity contribution < 1.29 is 14.3 Å². The molecule has 0 spiro atoms. The van der Waals surface area contributed by atoms with Crippen LogP contribution in [0.5, 0.6) is 0 Å².